The summed E-state index contributed by atoms with van der Waals surface area (Å²) < 4.78 is 30.5. The minimum atomic E-state index is -3.80. The number of benzene rings is 3. The average Bonchev–Trinajstić information content (AvgIpc) is 3.66. The summed E-state index contributed by atoms with van der Waals surface area (Å²) in [4.78, 5) is 17.9. The van der Waals surface area contributed by atoms with E-state index in [9.17, 15) is 13.2 Å². The monoisotopic (exact) mass is 554 g/mol. The fourth-order valence-corrected chi connectivity index (χ4v) is 7.36. The van der Waals surface area contributed by atoms with E-state index in [-0.39, 0.29) is 10.5 Å². The fourth-order valence-electron chi connectivity index (χ4n) is 5.10. The molecule has 3 heterocycles. The second kappa shape index (κ2) is 9.83. The number of aryl methyl sites for hydroxylation is 1. The molecule has 5 aromatic rings. The van der Waals surface area contributed by atoms with Gasteiger partial charge in [0.05, 0.1) is 16.3 Å². The Balaban J connectivity index is 1.23. The first-order chi connectivity index (χ1) is 18.8. The molecular formula is C30H26N4O3S2. The molecule has 0 bridgehead atoms. The summed E-state index contributed by atoms with van der Waals surface area (Å²) in [6.07, 6.45) is 0.662. The first-order valence-electron chi connectivity index (χ1n) is 12.6. The third-order valence-electron chi connectivity index (χ3n) is 6.97. The molecule has 1 N–H and O–H groups in total. The lowest BCUT2D eigenvalue weighted by molar-refractivity contribution is 0.102. The molecule has 9 heteroatoms. The zero-order valence-electron chi connectivity index (χ0n) is 21.5. The van der Waals surface area contributed by atoms with Crippen molar-refractivity contribution in [1.82, 2.24) is 9.55 Å². The summed E-state index contributed by atoms with van der Waals surface area (Å²) in [5.74, 6) is -0.412. The lowest BCUT2D eigenvalue weighted by Gasteiger charge is -2.19. The molecule has 2 aromatic heterocycles. The minimum absolute atomic E-state index is 0.0834. The van der Waals surface area contributed by atoms with Crippen molar-refractivity contribution in [1.29, 1.82) is 0 Å². The van der Waals surface area contributed by atoms with Crippen molar-refractivity contribution in [2.24, 2.45) is 0 Å². The summed E-state index contributed by atoms with van der Waals surface area (Å²) in [5.41, 5.74) is 6.93. The number of para-hydroxylation sites is 2. The molecule has 0 spiro atoms. The summed E-state index contributed by atoms with van der Waals surface area (Å²) in [6.45, 7) is 4.49. The van der Waals surface area contributed by atoms with Crippen LogP contribution < -0.4 is 9.62 Å². The molecule has 1 aliphatic heterocycles. The number of amides is 1. The zero-order chi connectivity index (χ0) is 27.1. The molecule has 196 valence electrons. The quantitative estimate of drug-likeness (QED) is 0.270. The average molecular weight is 555 g/mol. The minimum Gasteiger partial charge on any atom is -0.318 e. The summed E-state index contributed by atoms with van der Waals surface area (Å²) in [5, 5.41) is 5.20. The largest absolute Gasteiger partial charge is 0.318 e. The molecule has 0 atom stereocenters. The van der Waals surface area contributed by atoms with Crippen LogP contribution in [0.2, 0.25) is 0 Å². The number of carbonyl (C=O) groups excluding carboxylic acids is 1. The van der Waals surface area contributed by atoms with Crippen LogP contribution in [-0.2, 0) is 16.4 Å². The lowest BCUT2D eigenvalue weighted by atomic mass is 10.2. The number of rotatable bonds is 6. The van der Waals surface area contributed by atoms with E-state index in [1.807, 2.05) is 47.8 Å². The number of thiazole rings is 1. The highest BCUT2D eigenvalue weighted by molar-refractivity contribution is 7.92. The molecule has 0 saturated heterocycles. The number of fused-ring (bicyclic) bond motifs is 1. The Hall–Kier alpha value is -4.21. The van der Waals surface area contributed by atoms with Gasteiger partial charge in [-0.05, 0) is 68.3 Å². The van der Waals surface area contributed by atoms with Crippen LogP contribution in [0.5, 0.6) is 0 Å². The summed E-state index contributed by atoms with van der Waals surface area (Å²) in [6, 6.07) is 25.9. The SMILES string of the molecule is Cc1cc(-c2csc(NC(=O)c3cccc(S(=O)(=O)N4CCc5ccccc54)c3)n2)c(C)n1-c1ccccc1. The molecule has 39 heavy (non-hydrogen) atoms. The van der Waals surface area contributed by atoms with Gasteiger partial charge >= 0.3 is 0 Å². The third kappa shape index (κ3) is 4.53. The van der Waals surface area contributed by atoms with E-state index in [0.717, 1.165) is 33.9 Å². The van der Waals surface area contributed by atoms with Gasteiger partial charge in [0.25, 0.3) is 15.9 Å². The molecule has 1 aliphatic rings. The number of aromatic nitrogens is 2. The fraction of sp³-hybridized carbons (Fsp3) is 0.133. The smallest absolute Gasteiger partial charge is 0.264 e. The number of sulfonamides is 1. The third-order valence-corrected chi connectivity index (χ3v) is 9.54. The number of nitrogens with zero attached hydrogens (tertiary/aromatic N) is 3. The Kier molecular flexibility index (Phi) is 6.32. The molecular weight excluding hydrogens is 528 g/mol. The van der Waals surface area contributed by atoms with Gasteiger partial charge < -0.3 is 4.57 Å². The van der Waals surface area contributed by atoms with Crippen LogP contribution in [-0.4, -0.2) is 30.4 Å². The van der Waals surface area contributed by atoms with Gasteiger partial charge in [-0.15, -0.1) is 11.3 Å². The van der Waals surface area contributed by atoms with Gasteiger partial charge in [0.1, 0.15) is 0 Å². The number of anilines is 2. The molecule has 0 saturated carbocycles. The van der Waals surface area contributed by atoms with E-state index < -0.39 is 15.9 Å². The first kappa shape index (κ1) is 25.1. The zero-order valence-corrected chi connectivity index (χ0v) is 23.1. The Morgan fingerprint density at radius 1 is 0.949 bits per heavy atom. The van der Waals surface area contributed by atoms with E-state index in [0.29, 0.717) is 23.8 Å². The predicted molar refractivity (Wildman–Crippen MR) is 155 cm³/mol. The number of carbonyl (C=O) groups is 1. The van der Waals surface area contributed by atoms with Crippen LogP contribution in [0.15, 0.2) is 95.2 Å². The molecule has 7 nitrogen and oxygen atoms in total. The number of hydrogen-bond acceptors (Lipinski definition) is 5. The highest BCUT2D eigenvalue weighted by Gasteiger charge is 2.31. The van der Waals surface area contributed by atoms with E-state index >= 15 is 0 Å². The van der Waals surface area contributed by atoms with Gasteiger partial charge in [-0.2, -0.15) is 0 Å². The summed E-state index contributed by atoms with van der Waals surface area (Å²) >= 11 is 1.33. The Morgan fingerprint density at radius 3 is 2.54 bits per heavy atom. The van der Waals surface area contributed by atoms with E-state index in [1.165, 1.54) is 27.8 Å². The summed E-state index contributed by atoms with van der Waals surface area (Å²) in [7, 11) is -3.80. The van der Waals surface area contributed by atoms with Crippen LogP contribution in [0.1, 0.15) is 27.3 Å². The van der Waals surface area contributed by atoms with Gasteiger partial charge in [0.15, 0.2) is 5.13 Å². The number of hydrogen-bond donors (Lipinski definition) is 1. The molecule has 6 rings (SSSR count). The maximum atomic E-state index is 13.4. The highest BCUT2D eigenvalue weighted by Crippen LogP contribution is 2.34. The van der Waals surface area contributed by atoms with Crippen molar-refractivity contribution in [3.05, 3.63) is 113 Å². The highest BCUT2D eigenvalue weighted by atomic mass is 32.2. The van der Waals surface area contributed by atoms with E-state index in [2.05, 4.69) is 46.9 Å². The van der Waals surface area contributed by atoms with Crippen molar-refractivity contribution < 1.29 is 13.2 Å². The van der Waals surface area contributed by atoms with E-state index in [4.69, 9.17) is 0 Å². The maximum Gasteiger partial charge on any atom is 0.264 e. The Morgan fingerprint density at radius 2 is 1.72 bits per heavy atom. The second-order valence-corrected chi connectivity index (χ2v) is 12.2. The topological polar surface area (TPSA) is 84.3 Å². The van der Waals surface area contributed by atoms with Crippen LogP contribution >= 0.6 is 11.3 Å². The standard InChI is InChI=1S/C30H26N4O3S2/c1-20-17-26(21(2)34(20)24-11-4-3-5-12-24)27-19-38-30(31-27)32-29(35)23-10-8-13-25(18-23)39(36,37)33-16-15-22-9-6-7-14-28(22)33/h3-14,17-19H,15-16H2,1-2H3,(H,31,32,35). The van der Waals surface area contributed by atoms with Crippen LogP contribution in [0.25, 0.3) is 16.9 Å². The van der Waals surface area contributed by atoms with Crippen molar-refractivity contribution >= 4 is 38.1 Å². The maximum absolute atomic E-state index is 13.4. The van der Waals surface area contributed by atoms with Gasteiger partial charge in [0.2, 0.25) is 0 Å². The molecule has 0 aliphatic carbocycles. The van der Waals surface area contributed by atoms with Crippen molar-refractivity contribution in [3.63, 3.8) is 0 Å². The molecule has 0 unspecified atom stereocenters. The van der Waals surface area contributed by atoms with Gasteiger partial charge in [-0.25, -0.2) is 13.4 Å². The Bertz CT molecular complexity index is 1810. The van der Waals surface area contributed by atoms with Crippen LogP contribution in [0.3, 0.4) is 0 Å². The Labute approximate surface area is 231 Å². The molecule has 1 amide bonds. The van der Waals surface area contributed by atoms with Crippen molar-refractivity contribution in [3.8, 4) is 16.9 Å². The first-order valence-corrected chi connectivity index (χ1v) is 14.9. The lowest BCUT2D eigenvalue weighted by Crippen LogP contribution is -2.29. The molecule has 0 radical (unpaired) electrons. The van der Waals surface area contributed by atoms with Gasteiger partial charge in [-0.1, -0.05) is 42.5 Å². The van der Waals surface area contributed by atoms with Gasteiger partial charge in [-0.3, -0.25) is 14.4 Å². The molecule has 0 fully saturated rings. The number of nitrogens with one attached hydrogen (secondary N) is 1. The van der Waals surface area contributed by atoms with Gasteiger partial charge in [0, 0.05) is 40.1 Å². The molecule has 3 aromatic carbocycles. The van der Waals surface area contributed by atoms with E-state index in [1.54, 1.807) is 12.1 Å². The second-order valence-electron chi connectivity index (χ2n) is 9.43. The normalized spacial score (nSPS) is 12.9. The van der Waals surface area contributed by atoms with Crippen LogP contribution in [0, 0.1) is 13.8 Å². The van der Waals surface area contributed by atoms with Crippen LogP contribution in [0.4, 0.5) is 10.8 Å². The van der Waals surface area contributed by atoms with Crippen molar-refractivity contribution in [2.75, 3.05) is 16.2 Å². The predicted octanol–water partition coefficient (Wildman–Crippen LogP) is 6.22. The van der Waals surface area contributed by atoms with Crippen molar-refractivity contribution in [2.45, 2.75) is 25.2 Å².